The van der Waals surface area contributed by atoms with E-state index in [1.165, 1.54) is 17.5 Å². The summed E-state index contributed by atoms with van der Waals surface area (Å²) in [6.07, 6.45) is 6.32. The summed E-state index contributed by atoms with van der Waals surface area (Å²) in [5, 5.41) is 14.4. The number of benzene rings is 1. The van der Waals surface area contributed by atoms with E-state index in [9.17, 15) is 14.0 Å². The zero-order valence-electron chi connectivity index (χ0n) is 24.5. The number of piperazine rings is 1. The number of nitrogens with two attached hydrogens (primary N) is 1. The van der Waals surface area contributed by atoms with Crippen LogP contribution in [0.2, 0.25) is 0 Å². The van der Waals surface area contributed by atoms with Crippen molar-refractivity contribution in [1.82, 2.24) is 25.2 Å². The Kier molecular flexibility index (Phi) is 6.67. The molecule has 232 valence electrons. The van der Waals surface area contributed by atoms with Crippen LogP contribution in [0.3, 0.4) is 0 Å². The number of halogens is 3. The molecule has 2 atom stereocenters. The first kappa shape index (κ1) is 28.5. The first-order chi connectivity index (χ1) is 21.8. The second-order valence-corrected chi connectivity index (χ2v) is 13.8. The first-order valence-corrected chi connectivity index (χ1v) is 16.1. The monoisotopic (exact) mass is 632 g/mol. The van der Waals surface area contributed by atoms with Crippen molar-refractivity contribution in [3.8, 4) is 23.3 Å². The molecular weight excluding hydrogens is 601 g/mol. The van der Waals surface area contributed by atoms with E-state index in [0.717, 1.165) is 56.0 Å². The zero-order valence-corrected chi connectivity index (χ0v) is 25.3. The SMILES string of the molecule is N#Cc1c(N)sc2cccc(-c3ncc4c(N5C[C@H]6CC[C@@](C=C(F)F)(C5)N6)nc(OCC56CCCN5CCC6)nc4c3F)c12. The Labute approximate surface area is 261 Å². The van der Waals surface area contributed by atoms with Gasteiger partial charge in [-0.2, -0.15) is 24.0 Å². The zero-order chi connectivity index (χ0) is 30.9. The molecule has 45 heavy (non-hydrogen) atoms. The number of ether oxygens (including phenoxy) is 1. The van der Waals surface area contributed by atoms with Crippen LogP contribution in [0.4, 0.5) is 24.0 Å². The van der Waals surface area contributed by atoms with E-state index in [2.05, 4.69) is 26.3 Å². The van der Waals surface area contributed by atoms with E-state index >= 15 is 4.39 Å². The summed E-state index contributed by atoms with van der Waals surface area (Å²) in [5.41, 5.74) is 5.92. The molecule has 0 saturated carbocycles. The lowest BCUT2D eigenvalue weighted by molar-refractivity contribution is 0.108. The van der Waals surface area contributed by atoms with Gasteiger partial charge in [0.2, 0.25) is 0 Å². The number of hydrogen-bond donors (Lipinski definition) is 2. The molecule has 1 aromatic carbocycles. The second kappa shape index (κ2) is 10.5. The lowest BCUT2D eigenvalue weighted by Crippen LogP contribution is -2.59. The fourth-order valence-electron chi connectivity index (χ4n) is 8.10. The Morgan fingerprint density at radius 1 is 1.22 bits per heavy atom. The van der Waals surface area contributed by atoms with Crippen LogP contribution >= 0.6 is 11.3 Å². The van der Waals surface area contributed by atoms with Gasteiger partial charge in [-0.15, -0.1) is 11.3 Å². The fourth-order valence-corrected chi connectivity index (χ4v) is 9.04. The molecule has 9 nitrogen and oxygen atoms in total. The molecule has 8 rings (SSSR count). The molecule has 0 amide bonds. The lowest BCUT2D eigenvalue weighted by Gasteiger charge is -2.40. The van der Waals surface area contributed by atoms with Crippen molar-refractivity contribution in [3.05, 3.63) is 47.9 Å². The Morgan fingerprint density at radius 2 is 2.04 bits per heavy atom. The van der Waals surface area contributed by atoms with Crippen LogP contribution in [0, 0.1) is 17.1 Å². The summed E-state index contributed by atoms with van der Waals surface area (Å²) >= 11 is 1.27. The minimum absolute atomic E-state index is 0.0260. The van der Waals surface area contributed by atoms with Gasteiger partial charge >= 0.3 is 6.01 Å². The van der Waals surface area contributed by atoms with Gasteiger partial charge in [0.15, 0.2) is 5.82 Å². The number of aromatic nitrogens is 3. The highest BCUT2D eigenvalue weighted by molar-refractivity contribution is 7.23. The van der Waals surface area contributed by atoms with Gasteiger partial charge < -0.3 is 20.7 Å². The second-order valence-electron chi connectivity index (χ2n) is 12.7. The van der Waals surface area contributed by atoms with Gasteiger partial charge in [0.25, 0.3) is 6.08 Å². The third-order valence-corrected chi connectivity index (χ3v) is 11.0. The smallest absolute Gasteiger partial charge is 0.319 e. The fraction of sp³-hybridized carbons (Fsp3) is 0.438. The Balaban J connectivity index is 1.27. The highest BCUT2D eigenvalue weighted by atomic mass is 32.1. The van der Waals surface area contributed by atoms with E-state index in [-0.39, 0.29) is 40.9 Å². The topological polar surface area (TPSA) is 116 Å². The Bertz CT molecular complexity index is 1910. The van der Waals surface area contributed by atoms with Crippen LogP contribution in [0.15, 0.2) is 36.6 Å². The third-order valence-electron chi connectivity index (χ3n) is 10.1. The summed E-state index contributed by atoms with van der Waals surface area (Å²) in [6, 6.07) is 7.50. The molecule has 3 N–H and O–H groups in total. The average molecular weight is 633 g/mol. The van der Waals surface area contributed by atoms with Crippen molar-refractivity contribution in [1.29, 1.82) is 5.26 Å². The number of anilines is 2. The van der Waals surface area contributed by atoms with E-state index in [1.807, 2.05) is 11.0 Å². The predicted octanol–water partition coefficient (Wildman–Crippen LogP) is 5.60. The third kappa shape index (κ3) is 4.61. The molecule has 13 heteroatoms. The van der Waals surface area contributed by atoms with Gasteiger partial charge in [-0.3, -0.25) is 9.88 Å². The quantitative estimate of drug-likeness (QED) is 0.280. The number of pyridine rings is 1. The van der Waals surface area contributed by atoms with Crippen LogP contribution in [0.1, 0.15) is 44.1 Å². The summed E-state index contributed by atoms with van der Waals surface area (Å²) in [4.78, 5) is 18.3. The molecule has 7 heterocycles. The molecular formula is C32H31F3N8OS. The highest BCUT2D eigenvalue weighted by Gasteiger charge is 2.46. The van der Waals surface area contributed by atoms with E-state index in [0.29, 0.717) is 46.7 Å². The number of nitrogens with zero attached hydrogens (tertiary/aromatic N) is 6. The number of nitrogen functional groups attached to an aromatic ring is 1. The van der Waals surface area contributed by atoms with Gasteiger partial charge in [0, 0.05) is 47.1 Å². The van der Waals surface area contributed by atoms with Crippen LogP contribution in [0.5, 0.6) is 6.01 Å². The predicted molar refractivity (Wildman–Crippen MR) is 167 cm³/mol. The molecule has 0 aliphatic carbocycles. The summed E-state index contributed by atoms with van der Waals surface area (Å²) in [5.74, 6) is -0.271. The Hall–Kier alpha value is -3.99. The minimum Gasteiger partial charge on any atom is -0.461 e. The number of nitrogens with one attached hydrogen (secondary N) is 1. The van der Waals surface area contributed by atoms with E-state index < -0.39 is 17.4 Å². The molecule has 0 unspecified atom stereocenters. The van der Waals surface area contributed by atoms with Crippen LogP contribution < -0.4 is 20.7 Å². The molecule has 3 aromatic heterocycles. The molecule has 2 bridgehead atoms. The highest BCUT2D eigenvalue weighted by Crippen LogP contribution is 2.43. The molecule has 4 aliphatic rings. The lowest BCUT2D eigenvalue weighted by atomic mass is 9.95. The standard InChI is InChI=1S/C32H31F3N8OS/c33-23(34)12-31-9-6-18(41-31)15-42(16-31)29-21-14-38-26(19-4-1-5-22-24(19)20(13-36)28(37)45-22)25(35)27(21)39-30(40-29)44-17-32-7-2-10-43(32)11-3-8-32/h1,4-5,12,14,18,41H,2-3,6-11,15-17,37H2/t18-,31-/m1/s1. The summed E-state index contributed by atoms with van der Waals surface area (Å²) in [6.45, 7) is 3.19. The van der Waals surface area contributed by atoms with Crippen molar-refractivity contribution in [2.75, 3.05) is 43.4 Å². The maximum Gasteiger partial charge on any atom is 0.319 e. The molecule has 4 saturated heterocycles. The van der Waals surface area contributed by atoms with Crippen LogP contribution in [-0.4, -0.2) is 69.8 Å². The number of nitriles is 1. The van der Waals surface area contributed by atoms with E-state index in [1.54, 1.807) is 12.1 Å². The van der Waals surface area contributed by atoms with Crippen molar-refractivity contribution < 1.29 is 17.9 Å². The molecule has 4 aromatic rings. The molecule has 4 fully saturated rings. The average Bonchev–Trinajstić information content (AvgIpc) is 3.76. The number of rotatable bonds is 6. The van der Waals surface area contributed by atoms with Gasteiger partial charge in [-0.05, 0) is 57.7 Å². The number of thiophene rings is 1. The van der Waals surface area contributed by atoms with Crippen molar-refractivity contribution >= 4 is 43.1 Å². The maximum atomic E-state index is 16.8. The van der Waals surface area contributed by atoms with Crippen LogP contribution in [0.25, 0.3) is 32.2 Å². The summed E-state index contributed by atoms with van der Waals surface area (Å²) < 4.78 is 51.0. The molecule has 0 radical (unpaired) electrons. The molecule has 4 aliphatic heterocycles. The normalized spacial score (nSPS) is 23.9. The van der Waals surface area contributed by atoms with Crippen molar-refractivity contribution in [2.24, 2.45) is 0 Å². The van der Waals surface area contributed by atoms with Gasteiger partial charge in [-0.1, -0.05) is 12.1 Å². The number of hydrogen-bond acceptors (Lipinski definition) is 10. The maximum absolute atomic E-state index is 16.8. The summed E-state index contributed by atoms with van der Waals surface area (Å²) in [7, 11) is 0. The first-order valence-electron chi connectivity index (χ1n) is 15.3. The number of fused-ring (bicyclic) bond motifs is 5. The molecule has 0 spiro atoms. The van der Waals surface area contributed by atoms with Gasteiger partial charge in [0.05, 0.1) is 22.0 Å². The van der Waals surface area contributed by atoms with Gasteiger partial charge in [0.1, 0.15) is 34.7 Å². The van der Waals surface area contributed by atoms with Crippen molar-refractivity contribution in [2.45, 2.75) is 55.6 Å². The minimum atomic E-state index is -1.74. The van der Waals surface area contributed by atoms with Crippen molar-refractivity contribution in [3.63, 3.8) is 0 Å². The largest absolute Gasteiger partial charge is 0.461 e. The van der Waals surface area contributed by atoms with Crippen LogP contribution in [-0.2, 0) is 0 Å². The van der Waals surface area contributed by atoms with Gasteiger partial charge in [-0.25, -0.2) is 4.39 Å². The van der Waals surface area contributed by atoms with E-state index in [4.69, 9.17) is 15.5 Å². The Morgan fingerprint density at radius 3 is 2.82 bits per heavy atom.